The van der Waals surface area contributed by atoms with E-state index in [1.807, 2.05) is 6.92 Å². The van der Waals surface area contributed by atoms with Crippen molar-refractivity contribution in [1.82, 2.24) is 0 Å². The molecule has 10 heteroatoms. The summed E-state index contributed by atoms with van der Waals surface area (Å²) in [4.78, 5) is 54.9. The van der Waals surface area contributed by atoms with Crippen LogP contribution in [0.1, 0.15) is 45.6 Å². The average molecular weight is 513 g/mol. The van der Waals surface area contributed by atoms with E-state index in [2.05, 4.69) is 6.58 Å². The van der Waals surface area contributed by atoms with Crippen molar-refractivity contribution in [3.8, 4) is 0 Å². The molecule has 0 bridgehead atoms. The summed E-state index contributed by atoms with van der Waals surface area (Å²) in [5, 5.41) is 0. The number of benzene rings is 1. The Morgan fingerprint density at radius 2 is 1.73 bits per heavy atom. The zero-order valence-corrected chi connectivity index (χ0v) is 21.3. The van der Waals surface area contributed by atoms with Gasteiger partial charge in [0.15, 0.2) is 5.41 Å². The molecule has 0 fully saturated rings. The van der Waals surface area contributed by atoms with E-state index in [4.69, 9.17) is 24.7 Å². The Bertz CT molecular complexity index is 1170. The van der Waals surface area contributed by atoms with Crippen LogP contribution in [-0.4, -0.2) is 50.2 Å². The van der Waals surface area contributed by atoms with Gasteiger partial charge in [0.05, 0.1) is 19.8 Å². The number of nitrogens with zero attached hydrogens (tertiary/aromatic N) is 1. The van der Waals surface area contributed by atoms with Crippen LogP contribution in [0.4, 0.5) is 5.69 Å². The van der Waals surface area contributed by atoms with Gasteiger partial charge in [-0.3, -0.25) is 4.79 Å². The van der Waals surface area contributed by atoms with Crippen LogP contribution >= 0.6 is 0 Å². The molecule has 2 aliphatic heterocycles. The van der Waals surface area contributed by atoms with Crippen molar-refractivity contribution in [2.24, 2.45) is 5.73 Å². The molecule has 1 aromatic rings. The first-order chi connectivity index (χ1) is 17.8. The van der Waals surface area contributed by atoms with E-state index in [0.29, 0.717) is 12.1 Å². The van der Waals surface area contributed by atoms with Crippen molar-refractivity contribution in [3.05, 3.63) is 65.2 Å². The number of fused-ring (bicyclic) bond motifs is 2. The number of unbranched alkanes of at least 4 members (excludes halogenated alkanes) is 1. The fraction of sp³-hybridized carbons (Fsp3) is 0.407. The molecule has 1 atom stereocenters. The number of hydrogen-bond donors (Lipinski definition) is 1. The SMILES string of the molecule is C=CCN1C(N)=C(C(=O)OCCCC)[C@]2(C(=O)OC(CC(=O)OCC)=C2C(=O)OCC)c2ccccc21. The van der Waals surface area contributed by atoms with Crippen molar-refractivity contribution in [3.63, 3.8) is 0 Å². The van der Waals surface area contributed by atoms with Gasteiger partial charge in [0.1, 0.15) is 29.1 Å². The first-order valence-electron chi connectivity index (χ1n) is 12.2. The number of para-hydroxylation sites is 1. The number of esters is 4. The van der Waals surface area contributed by atoms with E-state index in [9.17, 15) is 19.2 Å². The van der Waals surface area contributed by atoms with Gasteiger partial charge in [0.25, 0.3) is 0 Å². The third-order valence-electron chi connectivity index (χ3n) is 6.03. The first kappa shape index (κ1) is 27.5. The molecule has 0 saturated heterocycles. The highest BCUT2D eigenvalue weighted by molar-refractivity contribution is 6.16. The van der Waals surface area contributed by atoms with Crippen LogP contribution in [0, 0.1) is 0 Å². The molecule has 2 heterocycles. The summed E-state index contributed by atoms with van der Waals surface area (Å²) < 4.78 is 21.4. The molecule has 1 aromatic carbocycles. The topological polar surface area (TPSA) is 134 Å². The van der Waals surface area contributed by atoms with Crippen LogP contribution in [0.2, 0.25) is 0 Å². The molecule has 0 unspecified atom stereocenters. The lowest BCUT2D eigenvalue weighted by molar-refractivity contribution is -0.148. The molecule has 0 aliphatic carbocycles. The molecule has 10 nitrogen and oxygen atoms in total. The van der Waals surface area contributed by atoms with Gasteiger partial charge in [-0.05, 0) is 26.3 Å². The molecular formula is C27H32N2O8. The zero-order valence-electron chi connectivity index (χ0n) is 21.3. The van der Waals surface area contributed by atoms with Crippen LogP contribution in [0.15, 0.2) is 59.6 Å². The predicted molar refractivity (Wildman–Crippen MR) is 134 cm³/mol. The number of anilines is 1. The Labute approximate surface area is 215 Å². The predicted octanol–water partition coefficient (Wildman–Crippen LogP) is 2.77. The largest absolute Gasteiger partial charge is 0.466 e. The van der Waals surface area contributed by atoms with Crippen molar-refractivity contribution < 1.29 is 38.1 Å². The minimum atomic E-state index is -2.12. The Hall–Kier alpha value is -4.08. The highest BCUT2D eigenvalue weighted by atomic mass is 16.6. The van der Waals surface area contributed by atoms with Gasteiger partial charge in [-0.2, -0.15) is 0 Å². The lowest BCUT2D eigenvalue weighted by Crippen LogP contribution is -2.50. The van der Waals surface area contributed by atoms with Crippen molar-refractivity contribution in [2.45, 2.75) is 45.4 Å². The van der Waals surface area contributed by atoms with Gasteiger partial charge < -0.3 is 29.6 Å². The summed E-state index contributed by atoms with van der Waals surface area (Å²) in [5.74, 6) is -3.86. The minimum absolute atomic E-state index is 0.0288. The second-order valence-electron chi connectivity index (χ2n) is 8.31. The molecule has 0 saturated carbocycles. The van der Waals surface area contributed by atoms with Gasteiger partial charge in [0.2, 0.25) is 0 Å². The van der Waals surface area contributed by atoms with E-state index in [1.54, 1.807) is 49.1 Å². The smallest absolute Gasteiger partial charge is 0.339 e. The number of carbonyl (C=O) groups is 4. The van der Waals surface area contributed by atoms with Crippen LogP contribution in [-0.2, 0) is 43.5 Å². The van der Waals surface area contributed by atoms with Crippen molar-refractivity contribution in [2.75, 3.05) is 31.3 Å². The number of cyclic esters (lactones) is 1. The van der Waals surface area contributed by atoms with E-state index in [0.717, 1.165) is 6.42 Å². The number of rotatable bonds is 11. The molecule has 2 aliphatic rings. The maximum absolute atomic E-state index is 13.9. The lowest BCUT2D eigenvalue weighted by atomic mass is 9.66. The summed E-state index contributed by atoms with van der Waals surface area (Å²) in [6.45, 7) is 9.25. The molecule has 2 N–H and O–H groups in total. The Morgan fingerprint density at radius 1 is 1.05 bits per heavy atom. The first-order valence-corrected chi connectivity index (χ1v) is 12.2. The molecule has 37 heavy (non-hydrogen) atoms. The molecule has 198 valence electrons. The normalized spacial score (nSPS) is 18.5. The molecule has 1 spiro atoms. The van der Waals surface area contributed by atoms with E-state index in [-0.39, 0.29) is 54.7 Å². The fourth-order valence-electron chi connectivity index (χ4n) is 4.54. The van der Waals surface area contributed by atoms with E-state index < -0.39 is 35.7 Å². The molecule has 0 radical (unpaired) electrons. The van der Waals surface area contributed by atoms with Crippen molar-refractivity contribution >= 4 is 29.6 Å². The van der Waals surface area contributed by atoms with Gasteiger partial charge in [-0.15, -0.1) is 6.58 Å². The highest BCUT2D eigenvalue weighted by Crippen LogP contribution is 2.54. The van der Waals surface area contributed by atoms with Gasteiger partial charge in [-0.1, -0.05) is 37.6 Å². The van der Waals surface area contributed by atoms with Crippen LogP contribution in [0.3, 0.4) is 0 Å². The average Bonchev–Trinajstić information content (AvgIpc) is 3.13. The second-order valence-corrected chi connectivity index (χ2v) is 8.31. The van der Waals surface area contributed by atoms with Gasteiger partial charge >= 0.3 is 23.9 Å². The minimum Gasteiger partial charge on any atom is -0.466 e. The molecule has 0 aromatic heterocycles. The van der Waals surface area contributed by atoms with Crippen LogP contribution in [0.25, 0.3) is 0 Å². The standard InChI is InChI=1S/C27H32N2O8/c1-5-9-15-36-25(32)22-23(28)29(14-6-2)18-13-11-10-12-17(18)27(22)21(24(31)35-8-4)19(37-26(27)33)16-20(30)34-7-3/h6,10-13H,2,5,7-9,14-16,28H2,1,3-4H3/t27-/m0/s1. The third kappa shape index (κ3) is 4.83. The maximum Gasteiger partial charge on any atom is 0.339 e. The summed E-state index contributed by atoms with van der Waals surface area (Å²) in [7, 11) is 0. The van der Waals surface area contributed by atoms with Crippen LogP contribution in [0.5, 0.6) is 0 Å². The quantitative estimate of drug-likeness (QED) is 0.204. The Balaban J connectivity index is 2.39. The summed E-state index contributed by atoms with van der Waals surface area (Å²) >= 11 is 0. The number of carbonyl (C=O) groups excluding carboxylic acids is 4. The highest BCUT2D eigenvalue weighted by Gasteiger charge is 2.64. The zero-order chi connectivity index (χ0) is 27.2. The monoisotopic (exact) mass is 512 g/mol. The Morgan fingerprint density at radius 3 is 2.38 bits per heavy atom. The molecule has 0 amide bonds. The fourth-order valence-corrected chi connectivity index (χ4v) is 4.54. The third-order valence-corrected chi connectivity index (χ3v) is 6.03. The number of ether oxygens (including phenoxy) is 4. The molecular weight excluding hydrogens is 480 g/mol. The summed E-state index contributed by atoms with van der Waals surface area (Å²) in [5.41, 5.74) is 4.58. The maximum atomic E-state index is 13.9. The second kappa shape index (κ2) is 11.8. The number of hydrogen-bond acceptors (Lipinski definition) is 10. The summed E-state index contributed by atoms with van der Waals surface area (Å²) in [6.07, 6.45) is 2.41. The van der Waals surface area contributed by atoms with Gasteiger partial charge in [-0.25, -0.2) is 14.4 Å². The van der Waals surface area contributed by atoms with Gasteiger partial charge in [0, 0.05) is 17.8 Å². The Kier molecular flexibility index (Phi) is 8.75. The number of nitrogens with two attached hydrogens (primary N) is 1. The van der Waals surface area contributed by atoms with E-state index >= 15 is 0 Å². The lowest BCUT2D eigenvalue weighted by Gasteiger charge is -2.41. The molecule has 3 rings (SSSR count). The summed E-state index contributed by atoms with van der Waals surface area (Å²) in [6, 6.07) is 6.69. The van der Waals surface area contributed by atoms with E-state index in [1.165, 1.54) is 0 Å². The van der Waals surface area contributed by atoms with Crippen molar-refractivity contribution in [1.29, 1.82) is 0 Å². The van der Waals surface area contributed by atoms with Crippen LogP contribution < -0.4 is 10.6 Å².